The highest BCUT2D eigenvalue weighted by atomic mass is 32.1. The van der Waals surface area contributed by atoms with Crippen LogP contribution in [0.4, 0.5) is 11.5 Å². The molecule has 6 nitrogen and oxygen atoms in total. The second-order valence-electron chi connectivity index (χ2n) is 3.96. The van der Waals surface area contributed by atoms with Crippen LogP contribution >= 0.6 is 11.3 Å². The fraction of sp³-hybridized carbons (Fsp3) is 0.273. The molecule has 18 heavy (non-hydrogen) atoms. The highest BCUT2D eigenvalue weighted by molar-refractivity contribution is 7.10. The molecule has 0 aromatic carbocycles. The van der Waals surface area contributed by atoms with E-state index in [0.29, 0.717) is 0 Å². The molecule has 0 spiro atoms. The van der Waals surface area contributed by atoms with Crippen molar-refractivity contribution in [2.45, 2.75) is 13.0 Å². The number of hydrogen-bond acceptors (Lipinski definition) is 5. The largest absolute Gasteiger partial charge is 0.383 e. The maximum Gasteiger partial charge on any atom is 0.329 e. The van der Waals surface area contributed by atoms with Crippen molar-refractivity contribution < 1.29 is 0 Å². The minimum absolute atomic E-state index is 0.0501. The van der Waals surface area contributed by atoms with Gasteiger partial charge in [0.05, 0.1) is 6.04 Å². The predicted octanol–water partition coefficient (Wildman–Crippen LogP) is 0.890. The van der Waals surface area contributed by atoms with Gasteiger partial charge in [0.1, 0.15) is 11.5 Å². The van der Waals surface area contributed by atoms with Gasteiger partial charge in [-0.3, -0.25) is 14.3 Å². The molecule has 7 heteroatoms. The van der Waals surface area contributed by atoms with E-state index in [-0.39, 0.29) is 17.5 Å². The predicted molar refractivity (Wildman–Crippen MR) is 73.1 cm³/mol. The van der Waals surface area contributed by atoms with Crippen LogP contribution in [0.2, 0.25) is 0 Å². The summed E-state index contributed by atoms with van der Waals surface area (Å²) >= 11 is 1.59. The van der Waals surface area contributed by atoms with Crippen LogP contribution in [-0.4, -0.2) is 9.55 Å². The van der Waals surface area contributed by atoms with E-state index < -0.39 is 11.2 Å². The zero-order valence-corrected chi connectivity index (χ0v) is 10.9. The first-order valence-corrected chi connectivity index (χ1v) is 6.27. The SMILES string of the molecule is CC(Nc1c(N)n(C)c(=O)[nH]c1=O)c1cccs1. The Kier molecular flexibility index (Phi) is 3.24. The van der Waals surface area contributed by atoms with Crippen molar-refractivity contribution in [3.63, 3.8) is 0 Å². The summed E-state index contributed by atoms with van der Waals surface area (Å²) in [6, 6.07) is 3.85. The van der Waals surface area contributed by atoms with Gasteiger partial charge in [-0.1, -0.05) is 6.07 Å². The Balaban J connectivity index is 2.39. The Morgan fingerprint density at radius 2 is 2.22 bits per heavy atom. The second kappa shape index (κ2) is 4.69. The van der Waals surface area contributed by atoms with E-state index in [1.807, 2.05) is 24.4 Å². The lowest BCUT2D eigenvalue weighted by Gasteiger charge is -2.15. The highest BCUT2D eigenvalue weighted by Crippen LogP contribution is 2.23. The number of thiophene rings is 1. The van der Waals surface area contributed by atoms with E-state index in [1.165, 1.54) is 11.6 Å². The van der Waals surface area contributed by atoms with Crippen LogP contribution in [0.25, 0.3) is 0 Å². The molecule has 0 aliphatic heterocycles. The van der Waals surface area contributed by atoms with Gasteiger partial charge in [0.2, 0.25) is 0 Å². The van der Waals surface area contributed by atoms with Gasteiger partial charge in [-0.05, 0) is 18.4 Å². The molecule has 0 saturated heterocycles. The van der Waals surface area contributed by atoms with Gasteiger partial charge in [-0.15, -0.1) is 11.3 Å². The molecular weight excluding hydrogens is 252 g/mol. The molecule has 2 rings (SSSR count). The van der Waals surface area contributed by atoms with Crippen LogP contribution in [0.15, 0.2) is 27.1 Å². The summed E-state index contributed by atoms with van der Waals surface area (Å²) in [7, 11) is 1.51. The average Bonchev–Trinajstić information content (AvgIpc) is 2.85. The molecule has 2 aromatic rings. The van der Waals surface area contributed by atoms with E-state index >= 15 is 0 Å². The summed E-state index contributed by atoms with van der Waals surface area (Å²) in [5.41, 5.74) is 4.97. The number of nitrogens with two attached hydrogens (primary N) is 1. The number of nitrogens with zero attached hydrogens (tertiary/aromatic N) is 1. The molecule has 0 aliphatic rings. The molecule has 0 bridgehead atoms. The van der Waals surface area contributed by atoms with Gasteiger partial charge >= 0.3 is 5.69 Å². The zero-order valence-electron chi connectivity index (χ0n) is 10.1. The average molecular weight is 266 g/mol. The number of aromatic amines is 1. The van der Waals surface area contributed by atoms with E-state index in [0.717, 1.165) is 4.88 Å². The van der Waals surface area contributed by atoms with Crippen LogP contribution in [0.1, 0.15) is 17.8 Å². The lowest BCUT2D eigenvalue weighted by molar-refractivity contribution is 0.803. The number of anilines is 2. The molecule has 1 unspecified atom stereocenters. The van der Waals surface area contributed by atoms with Crippen LogP contribution in [0.3, 0.4) is 0 Å². The third-order valence-corrected chi connectivity index (χ3v) is 3.76. The summed E-state index contributed by atoms with van der Waals surface area (Å²) < 4.78 is 1.20. The molecule has 0 aliphatic carbocycles. The van der Waals surface area contributed by atoms with Crippen molar-refractivity contribution >= 4 is 22.8 Å². The van der Waals surface area contributed by atoms with E-state index in [2.05, 4.69) is 10.3 Å². The third-order valence-electron chi connectivity index (χ3n) is 2.70. The first kappa shape index (κ1) is 12.4. The Morgan fingerprint density at radius 3 is 2.83 bits per heavy atom. The standard InChI is InChI=1S/C11H14N4O2S/c1-6(7-4-3-5-18-7)13-8-9(12)15(2)11(17)14-10(8)16/h3-6,13H,12H2,1-2H3,(H,14,16,17). The number of aromatic nitrogens is 2. The fourth-order valence-corrected chi connectivity index (χ4v) is 2.34. The maximum absolute atomic E-state index is 11.7. The molecule has 0 fully saturated rings. The highest BCUT2D eigenvalue weighted by Gasteiger charge is 2.13. The number of rotatable bonds is 3. The fourth-order valence-electron chi connectivity index (χ4n) is 1.60. The molecule has 4 N–H and O–H groups in total. The molecule has 2 aromatic heterocycles. The number of hydrogen-bond donors (Lipinski definition) is 3. The summed E-state index contributed by atoms with van der Waals surface area (Å²) in [5.74, 6) is 0.132. The molecule has 2 heterocycles. The van der Waals surface area contributed by atoms with Crippen LogP contribution in [0.5, 0.6) is 0 Å². The van der Waals surface area contributed by atoms with Crippen molar-refractivity contribution in [3.8, 4) is 0 Å². The summed E-state index contributed by atoms with van der Waals surface area (Å²) in [6.07, 6.45) is 0. The molecular formula is C11H14N4O2S. The van der Waals surface area contributed by atoms with Crippen LogP contribution < -0.4 is 22.3 Å². The Labute approximate surface area is 107 Å². The van der Waals surface area contributed by atoms with Gasteiger partial charge in [0.25, 0.3) is 5.56 Å². The molecule has 0 amide bonds. The third kappa shape index (κ3) is 2.17. The van der Waals surface area contributed by atoms with E-state index in [9.17, 15) is 9.59 Å². The summed E-state index contributed by atoms with van der Waals surface area (Å²) in [6.45, 7) is 1.93. The number of H-pyrrole nitrogens is 1. The lowest BCUT2D eigenvalue weighted by Crippen LogP contribution is -2.32. The van der Waals surface area contributed by atoms with Crippen LogP contribution in [-0.2, 0) is 7.05 Å². The quantitative estimate of drug-likeness (QED) is 0.769. The topological polar surface area (TPSA) is 92.9 Å². The Bertz CT molecular complexity index is 657. The van der Waals surface area contributed by atoms with Crippen LogP contribution in [0, 0.1) is 0 Å². The monoisotopic (exact) mass is 266 g/mol. The molecule has 1 atom stereocenters. The van der Waals surface area contributed by atoms with E-state index in [1.54, 1.807) is 11.3 Å². The first-order chi connectivity index (χ1) is 8.50. The smallest absolute Gasteiger partial charge is 0.329 e. The van der Waals surface area contributed by atoms with Crippen molar-refractivity contribution in [3.05, 3.63) is 43.2 Å². The van der Waals surface area contributed by atoms with Crippen molar-refractivity contribution in [2.24, 2.45) is 7.05 Å². The van der Waals surface area contributed by atoms with E-state index in [4.69, 9.17) is 5.73 Å². The van der Waals surface area contributed by atoms with Crippen molar-refractivity contribution in [2.75, 3.05) is 11.1 Å². The molecule has 96 valence electrons. The minimum Gasteiger partial charge on any atom is -0.383 e. The van der Waals surface area contributed by atoms with Crippen molar-refractivity contribution in [1.82, 2.24) is 9.55 Å². The van der Waals surface area contributed by atoms with Crippen molar-refractivity contribution in [1.29, 1.82) is 0 Å². The van der Waals surface area contributed by atoms with Gasteiger partial charge < -0.3 is 11.1 Å². The summed E-state index contributed by atoms with van der Waals surface area (Å²) in [5, 5.41) is 4.99. The summed E-state index contributed by atoms with van der Waals surface area (Å²) in [4.78, 5) is 26.3. The Morgan fingerprint density at radius 1 is 1.50 bits per heavy atom. The van der Waals surface area contributed by atoms with Gasteiger partial charge in [-0.2, -0.15) is 0 Å². The van der Waals surface area contributed by atoms with Gasteiger partial charge in [0.15, 0.2) is 0 Å². The Hall–Kier alpha value is -2.02. The van der Waals surface area contributed by atoms with Gasteiger partial charge in [-0.25, -0.2) is 4.79 Å². The number of nitrogen functional groups attached to an aromatic ring is 1. The normalized spacial score (nSPS) is 12.3. The lowest BCUT2D eigenvalue weighted by atomic mass is 10.2. The van der Waals surface area contributed by atoms with Gasteiger partial charge in [0, 0.05) is 11.9 Å². The molecule has 0 radical (unpaired) electrons. The second-order valence-corrected chi connectivity index (χ2v) is 4.94. The first-order valence-electron chi connectivity index (χ1n) is 5.39. The minimum atomic E-state index is -0.521. The number of nitrogens with one attached hydrogen (secondary N) is 2. The molecule has 0 saturated carbocycles. The zero-order chi connectivity index (χ0) is 13.3. The maximum atomic E-state index is 11.7.